The molecule has 0 radical (unpaired) electrons. The van der Waals surface area contributed by atoms with Crippen molar-refractivity contribution in [1.29, 1.82) is 0 Å². The summed E-state index contributed by atoms with van der Waals surface area (Å²) in [5.41, 5.74) is 1.50. The molecule has 1 aliphatic rings. The maximum Gasteiger partial charge on any atom is 0.306 e. The Labute approximate surface area is 217 Å². The smallest absolute Gasteiger partial charge is 0.306 e. The van der Waals surface area contributed by atoms with E-state index in [0.29, 0.717) is 10.5 Å². The van der Waals surface area contributed by atoms with Crippen LogP contribution >= 0.6 is 23.1 Å². The van der Waals surface area contributed by atoms with Gasteiger partial charge in [-0.05, 0) is 47.8 Å². The third-order valence-electron chi connectivity index (χ3n) is 6.70. The third-order valence-corrected chi connectivity index (χ3v) is 7.87. The Morgan fingerprint density at radius 2 is 1.89 bits per heavy atom. The van der Waals surface area contributed by atoms with Gasteiger partial charge in [-0.3, -0.25) is 19.1 Å². The molecule has 0 atom stereocenters. The van der Waals surface area contributed by atoms with Gasteiger partial charge in [-0.25, -0.2) is 0 Å². The third kappa shape index (κ3) is 4.91. The second-order valence-corrected chi connectivity index (χ2v) is 10.1. The molecule has 0 bridgehead atoms. The zero-order valence-corrected chi connectivity index (χ0v) is 21.5. The molecule has 2 aromatic heterocycles. The molecule has 0 spiro atoms. The maximum absolute atomic E-state index is 12.6. The minimum Gasteiger partial charge on any atom is -0.494 e. The molecule has 10 heteroatoms. The fourth-order valence-electron chi connectivity index (χ4n) is 4.70. The van der Waals surface area contributed by atoms with Crippen molar-refractivity contribution in [3.8, 4) is 5.88 Å². The Bertz CT molecular complexity index is 1420. The summed E-state index contributed by atoms with van der Waals surface area (Å²) in [7, 11) is 1.28. The lowest BCUT2D eigenvalue weighted by molar-refractivity contribution is -0.140. The van der Waals surface area contributed by atoms with Gasteiger partial charge >= 0.3 is 5.97 Å². The number of piperazine rings is 1. The minimum atomic E-state index is -0.472. The van der Waals surface area contributed by atoms with Crippen LogP contribution in [0.2, 0.25) is 5.02 Å². The van der Waals surface area contributed by atoms with Gasteiger partial charge < -0.3 is 14.7 Å². The highest BCUT2D eigenvalue weighted by Gasteiger charge is 2.22. The summed E-state index contributed by atoms with van der Waals surface area (Å²) in [4.78, 5) is 28.8. The monoisotopic (exact) mass is 526 g/mol. The molecule has 0 aliphatic carbocycles. The van der Waals surface area contributed by atoms with E-state index in [4.69, 9.17) is 11.6 Å². The van der Waals surface area contributed by atoms with Crippen LogP contribution in [0.15, 0.2) is 42.5 Å². The van der Waals surface area contributed by atoms with Crippen LogP contribution in [0, 0.1) is 0 Å². The van der Waals surface area contributed by atoms with E-state index >= 15 is 0 Å². The molecule has 1 aliphatic heterocycles. The van der Waals surface area contributed by atoms with Crippen LogP contribution in [0.1, 0.15) is 23.2 Å². The lowest BCUT2D eigenvalue weighted by Gasteiger charge is -2.35. The normalized spacial score (nSPS) is 14.6. The summed E-state index contributed by atoms with van der Waals surface area (Å²) in [5, 5.41) is 12.9. The number of methoxy groups -OCH3 is 1. The Hall–Kier alpha value is -3.14. The zero-order chi connectivity index (χ0) is 25.2. The van der Waals surface area contributed by atoms with Gasteiger partial charge in [-0.2, -0.15) is 4.37 Å². The van der Waals surface area contributed by atoms with E-state index < -0.39 is 5.97 Å². The van der Waals surface area contributed by atoms with E-state index in [9.17, 15) is 14.7 Å². The first-order valence-corrected chi connectivity index (χ1v) is 13.0. The van der Waals surface area contributed by atoms with Gasteiger partial charge in [0.05, 0.1) is 23.7 Å². The molecule has 8 nitrogen and oxygen atoms in total. The van der Waals surface area contributed by atoms with Gasteiger partial charge in [-0.1, -0.05) is 23.7 Å². The largest absolute Gasteiger partial charge is 0.494 e. The molecule has 0 unspecified atom stereocenters. The van der Waals surface area contributed by atoms with Crippen molar-refractivity contribution in [3.05, 3.63) is 53.1 Å². The fraction of sp³-hybridized carbons (Fsp3) is 0.346. The first-order valence-electron chi connectivity index (χ1n) is 11.9. The molecule has 1 N–H and O–H groups in total. The molecule has 2 aromatic carbocycles. The van der Waals surface area contributed by atoms with Crippen molar-refractivity contribution < 1.29 is 19.4 Å². The standard InChI is InChI=1S/C26H27ClN4O4S/c1-35-25(34)7-6-23(32)31-21-16-20(27)17(14-18(21)15-24(31)33)8-9-29-10-12-30(13-11-29)26-19-4-2-3-5-22(19)36-28-26/h2-5,14-16,33H,6-13H2,1H3. The number of nitrogens with zero attached hydrogens (tertiary/aromatic N) is 4. The van der Waals surface area contributed by atoms with Crippen molar-refractivity contribution in [2.75, 3.05) is 44.7 Å². The number of benzene rings is 2. The predicted molar refractivity (Wildman–Crippen MR) is 142 cm³/mol. The summed E-state index contributed by atoms with van der Waals surface area (Å²) in [6.45, 7) is 4.59. The number of rotatable bonds is 7. The number of aromatic nitrogens is 2. The highest BCUT2D eigenvalue weighted by atomic mass is 35.5. The number of halogens is 1. The number of carbonyl (C=O) groups excluding carboxylic acids is 2. The molecule has 5 rings (SSSR count). The molecule has 36 heavy (non-hydrogen) atoms. The molecule has 0 amide bonds. The van der Waals surface area contributed by atoms with Crippen molar-refractivity contribution in [2.45, 2.75) is 19.3 Å². The number of hydrogen-bond acceptors (Lipinski definition) is 8. The molecule has 0 saturated carbocycles. The first-order chi connectivity index (χ1) is 17.4. The zero-order valence-electron chi connectivity index (χ0n) is 19.9. The maximum atomic E-state index is 12.6. The number of fused-ring (bicyclic) bond motifs is 2. The Balaban J connectivity index is 1.22. The summed E-state index contributed by atoms with van der Waals surface area (Å²) in [5.74, 6) is 0.0517. The highest BCUT2D eigenvalue weighted by molar-refractivity contribution is 7.13. The number of carbonyl (C=O) groups is 2. The summed E-state index contributed by atoms with van der Waals surface area (Å²) in [6, 6.07) is 13.6. The van der Waals surface area contributed by atoms with Crippen LogP contribution in [-0.4, -0.2) is 70.7 Å². The van der Waals surface area contributed by atoms with Crippen LogP contribution in [0.4, 0.5) is 5.82 Å². The number of ether oxygens (including phenoxy) is 1. The molecular weight excluding hydrogens is 500 g/mol. The number of anilines is 1. The SMILES string of the molecule is COC(=O)CCC(=O)n1c(O)cc2cc(CCN3CCN(c4nsc5ccccc45)CC3)c(Cl)cc21. The van der Waals surface area contributed by atoms with Crippen molar-refractivity contribution >= 4 is 61.8 Å². The first kappa shape index (κ1) is 24.5. The van der Waals surface area contributed by atoms with Gasteiger partial charge in [0, 0.05) is 61.0 Å². The molecule has 3 heterocycles. The second-order valence-electron chi connectivity index (χ2n) is 8.89. The average Bonchev–Trinajstić information content (AvgIpc) is 3.46. The van der Waals surface area contributed by atoms with Crippen LogP contribution in [0.5, 0.6) is 5.88 Å². The van der Waals surface area contributed by atoms with Gasteiger partial charge in [-0.15, -0.1) is 0 Å². The van der Waals surface area contributed by atoms with E-state index in [0.717, 1.165) is 55.9 Å². The molecule has 4 aromatic rings. The molecule has 1 saturated heterocycles. The van der Waals surface area contributed by atoms with Crippen LogP contribution < -0.4 is 4.90 Å². The van der Waals surface area contributed by atoms with Crippen molar-refractivity contribution in [3.63, 3.8) is 0 Å². The lowest BCUT2D eigenvalue weighted by Crippen LogP contribution is -2.47. The fourth-order valence-corrected chi connectivity index (χ4v) is 5.75. The molecule has 188 valence electrons. The van der Waals surface area contributed by atoms with Crippen molar-refractivity contribution in [1.82, 2.24) is 13.8 Å². The Morgan fingerprint density at radius 1 is 1.11 bits per heavy atom. The predicted octanol–water partition coefficient (Wildman–Crippen LogP) is 4.57. The number of hydrogen-bond donors (Lipinski definition) is 1. The average molecular weight is 527 g/mol. The molecular formula is C26H27ClN4O4S. The quantitative estimate of drug-likeness (QED) is 0.353. The number of esters is 1. The number of aromatic hydroxyl groups is 1. The highest BCUT2D eigenvalue weighted by Crippen LogP contribution is 2.32. The van der Waals surface area contributed by atoms with Gasteiger partial charge in [0.15, 0.2) is 5.88 Å². The van der Waals surface area contributed by atoms with Gasteiger partial charge in [0.1, 0.15) is 5.82 Å². The summed E-state index contributed by atoms with van der Waals surface area (Å²) >= 11 is 8.14. The second kappa shape index (κ2) is 10.5. The minimum absolute atomic E-state index is 0.0494. The van der Waals surface area contributed by atoms with Gasteiger partial charge in [0.2, 0.25) is 5.91 Å². The summed E-state index contributed by atoms with van der Waals surface area (Å²) < 4.78 is 11.7. The Morgan fingerprint density at radius 3 is 2.67 bits per heavy atom. The van der Waals surface area contributed by atoms with E-state index in [-0.39, 0.29) is 24.6 Å². The Kier molecular flexibility index (Phi) is 7.13. The topological polar surface area (TPSA) is 87.9 Å². The van der Waals surface area contributed by atoms with E-state index in [2.05, 4.69) is 37.1 Å². The van der Waals surface area contributed by atoms with Crippen LogP contribution in [0.3, 0.4) is 0 Å². The van der Waals surface area contributed by atoms with Crippen LogP contribution in [-0.2, 0) is 16.0 Å². The van der Waals surface area contributed by atoms with Crippen molar-refractivity contribution in [2.24, 2.45) is 0 Å². The molecule has 1 fully saturated rings. The lowest BCUT2D eigenvalue weighted by atomic mass is 10.1. The van der Waals surface area contributed by atoms with Crippen LogP contribution in [0.25, 0.3) is 21.0 Å². The van der Waals surface area contributed by atoms with E-state index in [1.807, 2.05) is 12.1 Å². The van der Waals surface area contributed by atoms with E-state index in [1.165, 1.54) is 21.8 Å². The van der Waals surface area contributed by atoms with E-state index in [1.54, 1.807) is 23.7 Å². The van der Waals surface area contributed by atoms with Gasteiger partial charge in [0.25, 0.3) is 0 Å². The summed E-state index contributed by atoms with van der Waals surface area (Å²) in [6.07, 6.45) is 0.648.